The summed E-state index contributed by atoms with van der Waals surface area (Å²) in [6.07, 6.45) is 0. The fourth-order valence-electron chi connectivity index (χ4n) is 2.32. The molecule has 0 fully saturated rings. The highest BCUT2D eigenvalue weighted by atomic mass is 16.5. The van der Waals surface area contributed by atoms with Crippen LogP contribution in [0.4, 0.5) is 5.69 Å². The third-order valence-corrected chi connectivity index (χ3v) is 4.30. The molecule has 0 heterocycles. The van der Waals surface area contributed by atoms with E-state index in [4.69, 9.17) is 4.74 Å². The molecule has 2 rings (SSSR count). The quantitative estimate of drug-likeness (QED) is 0.631. The molecule has 0 bridgehead atoms. The van der Waals surface area contributed by atoms with Gasteiger partial charge in [-0.05, 0) is 55.3 Å². The Balaban J connectivity index is 1.97. The number of rotatable bonds is 5. The number of anilines is 1. The topological polar surface area (TPSA) is 72.5 Å². The van der Waals surface area contributed by atoms with Crippen LogP contribution in [0.5, 0.6) is 0 Å². The minimum absolute atomic E-state index is 0.107. The lowest BCUT2D eigenvalue weighted by Gasteiger charge is -2.17. The van der Waals surface area contributed by atoms with E-state index in [0.717, 1.165) is 11.1 Å². The van der Waals surface area contributed by atoms with Gasteiger partial charge in [0.05, 0.1) is 5.56 Å². The van der Waals surface area contributed by atoms with Gasteiger partial charge in [-0.25, -0.2) is 4.79 Å². The molecule has 27 heavy (non-hydrogen) atoms. The molecule has 0 atom stereocenters. The molecule has 0 aliphatic carbocycles. The van der Waals surface area contributed by atoms with Crippen molar-refractivity contribution in [3.8, 4) is 0 Å². The summed E-state index contributed by atoms with van der Waals surface area (Å²) in [5, 5.41) is 2.80. The van der Waals surface area contributed by atoms with Gasteiger partial charge < -0.3 is 10.1 Å². The molecule has 2 aromatic rings. The van der Waals surface area contributed by atoms with Gasteiger partial charge in [0.25, 0.3) is 0 Å². The molecule has 2 aromatic carbocycles. The minimum Gasteiger partial charge on any atom is -0.454 e. The number of hydrogen-bond acceptors (Lipinski definition) is 4. The van der Waals surface area contributed by atoms with Crippen LogP contribution in [0.1, 0.15) is 52.6 Å². The average molecular weight is 367 g/mol. The van der Waals surface area contributed by atoms with Gasteiger partial charge in [-0.2, -0.15) is 0 Å². The number of aryl methyl sites for hydroxylation is 1. The van der Waals surface area contributed by atoms with E-state index in [1.54, 1.807) is 36.4 Å². The molecule has 5 nitrogen and oxygen atoms in total. The van der Waals surface area contributed by atoms with E-state index >= 15 is 0 Å². The predicted octanol–water partition coefficient (Wildman–Crippen LogP) is 4.33. The monoisotopic (exact) mass is 367 g/mol. The largest absolute Gasteiger partial charge is 0.454 e. The van der Waals surface area contributed by atoms with Gasteiger partial charge in [-0.1, -0.05) is 32.9 Å². The van der Waals surface area contributed by atoms with Crippen LogP contribution in [0.3, 0.4) is 0 Å². The lowest BCUT2D eigenvalue weighted by atomic mass is 9.95. The smallest absolute Gasteiger partial charge is 0.338 e. The lowest BCUT2D eigenvalue weighted by molar-refractivity contribution is -0.123. The van der Waals surface area contributed by atoms with E-state index in [9.17, 15) is 14.4 Å². The molecule has 1 amide bonds. The number of carbonyl (C=O) groups is 3. The standard InChI is InChI=1S/C22H25NO4/c1-14-7-6-8-18(15(14)2)20(25)27-13-19(24)16-9-11-17(12-10-16)23-21(26)22(3,4)5/h6-12H,13H2,1-5H3,(H,23,26). The van der Waals surface area contributed by atoms with Crippen LogP contribution in [0, 0.1) is 19.3 Å². The second kappa shape index (κ2) is 8.16. The molecule has 0 radical (unpaired) electrons. The van der Waals surface area contributed by atoms with Crippen molar-refractivity contribution in [2.75, 3.05) is 11.9 Å². The molecule has 0 aliphatic rings. The van der Waals surface area contributed by atoms with Crippen LogP contribution >= 0.6 is 0 Å². The number of Topliss-reactive ketones (excluding diaryl/α,β-unsaturated/α-hetero) is 1. The second-order valence-corrected chi connectivity index (χ2v) is 7.53. The van der Waals surface area contributed by atoms with Gasteiger partial charge in [0.1, 0.15) is 0 Å². The Kier molecular flexibility index (Phi) is 6.16. The third kappa shape index (κ3) is 5.26. The Morgan fingerprint density at radius 1 is 0.963 bits per heavy atom. The highest BCUT2D eigenvalue weighted by Gasteiger charge is 2.21. The molecule has 0 saturated carbocycles. The first kappa shape index (κ1) is 20.4. The summed E-state index contributed by atoms with van der Waals surface area (Å²) >= 11 is 0. The maximum atomic E-state index is 12.3. The van der Waals surface area contributed by atoms with Crippen molar-refractivity contribution in [3.05, 3.63) is 64.7 Å². The molecule has 142 valence electrons. The van der Waals surface area contributed by atoms with Crippen molar-refractivity contribution < 1.29 is 19.1 Å². The molecule has 0 unspecified atom stereocenters. The summed E-state index contributed by atoms with van der Waals surface area (Å²) in [4.78, 5) is 36.4. The molecule has 0 aliphatic heterocycles. The van der Waals surface area contributed by atoms with Crippen molar-refractivity contribution >= 4 is 23.3 Å². The van der Waals surface area contributed by atoms with Gasteiger partial charge >= 0.3 is 5.97 Å². The SMILES string of the molecule is Cc1cccc(C(=O)OCC(=O)c2ccc(NC(=O)C(C)(C)C)cc2)c1C. The zero-order chi connectivity index (χ0) is 20.2. The van der Waals surface area contributed by atoms with Crippen molar-refractivity contribution in [1.29, 1.82) is 0 Å². The van der Waals surface area contributed by atoms with Crippen LogP contribution in [-0.2, 0) is 9.53 Å². The summed E-state index contributed by atoms with van der Waals surface area (Å²) < 4.78 is 5.16. The molecule has 0 saturated heterocycles. The number of carbonyl (C=O) groups excluding carboxylic acids is 3. The Bertz CT molecular complexity index is 861. The molecule has 5 heteroatoms. The van der Waals surface area contributed by atoms with Gasteiger partial charge in [0.2, 0.25) is 5.91 Å². The first-order valence-electron chi connectivity index (χ1n) is 8.77. The summed E-state index contributed by atoms with van der Waals surface area (Å²) in [5.74, 6) is -0.926. The Morgan fingerprint density at radius 3 is 2.19 bits per heavy atom. The number of nitrogens with one attached hydrogen (secondary N) is 1. The number of hydrogen-bond donors (Lipinski definition) is 1. The van der Waals surface area contributed by atoms with Crippen molar-refractivity contribution in [2.45, 2.75) is 34.6 Å². The molecule has 1 N–H and O–H groups in total. The van der Waals surface area contributed by atoms with Crippen LogP contribution in [0.15, 0.2) is 42.5 Å². The third-order valence-electron chi connectivity index (χ3n) is 4.30. The normalized spacial score (nSPS) is 11.0. The highest BCUT2D eigenvalue weighted by Crippen LogP contribution is 2.18. The van der Waals surface area contributed by atoms with E-state index in [2.05, 4.69) is 5.32 Å². The Labute approximate surface area is 159 Å². The first-order valence-corrected chi connectivity index (χ1v) is 8.77. The molecular weight excluding hydrogens is 342 g/mol. The summed E-state index contributed by atoms with van der Waals surface area (Å²) in [6, 6.07) is 11.9. The van der Waals surface area contributed by atoms with E-state index in [1.807, 2.05) is 40.7 Å². The van der Waals surface area contributed by atoms with Crippen LogP contribution in [0.25, 0.3) is 0 Å². The Morgan fingerprint density at radius 2 is 1.59 bits per heavy atom. The summed E-state index contributed by atoms with van der Waals surface area (Å²) in [5.41, 5.74) is 2.81. The number of benzene rings is 2. The van der Waals surface area contributed by atoms with Crippen LogP contribution in [0.2, 0.25) is 0 Å². The summed E-state index contributed by atoms with van der Waals surface area (Å²) in [6.45, 7) is 8.90. The second-order valence-electron chi connectivity index (χ2n) is 7.53. The van der Waals surface area contributed by atoms with Gasteiger partial charge in [-0.3, -0.25) is 9.59 Å². The van der Waals surface area contributed by atoms with Crippen molar-refractivity contribution in [3.63, 3.8) is 0 Å². The maximum Gasteiger partial charge on any atom is 0.338 e. The first-order chi connectivity index (χ1) is 12.6. The van der Waals surface area contributed by atoms with E-state index in [-0.39, 0.29) is 18.3 Å². The highest BCUT2D eigenvalue weighted by molar-refractivity contribution is 6.00. The average Bonchev–Trinajstić information content (AvgIpc) is 2.61. The number of esters is 1. The predicted molar refractivity (Wildman–Crippen MR) is 105 cm³/mol. The zero-order valence-electron chi connectivity index (χ0n) is 16.4. The zero-order valence-corrected chi connectivity index (χ0v) is 16.4. The molecule has 0 spiro atoms. The number of ether oxygens (including phenoxy) is 1. The minimum atomic E-state index is -0.515. The van der Waals surface area contributed by atoms with Gasteiger partial charge in [0.15, 0.2) is 12.4 Å². The number of ketones is 1. The molecular formula is C22H25NO4. The maximum absolute atomic E-state index is 12.3. The fraction of sp³-hybridized carbons (Fsp3) is 0.318. The van der Waals surface area contributed by atoms with E-state index < -0.39 is 11.4 Å². The number of amides is 1. The lowest BCUT2D eigenvalue weighted by Crippen LogP contribution is -2.27. The molecule has 0 aromatic heterocycles. The fourth-order valence-corrected chi connectivity index (χ4v) is 2.32. The Hall–Kier alpha value is -2.95. The van der Waals surface area contributed by atoms with Gasteiger partial charge in [-0.15, -0.1) is 0 Å². The van der Waals surface area contributed by atoms with Crippen molar-refractivity contribution in [2.24, 2.45) is 5.41 Å². The van der Waals surface area contributed by atoms with Crippen molar-refractivity contribution in [1.82, 2.24) is 0 Å². The van der Waals surface area contributed by atoms with Crippen LogP contribution in [-0.4, -0.2) is 24.3 Å². The van der Waals surface area contributed by atoms with Gasteiger partial charge in [0, 0.05) is 16.7 Å². The summed E-state index contributed by atoms with van der Waals surface area (Å²) in [7, 11) is 0. The van der Waals surface area contributed by atoms with E-state index in [0.29, 0.717) is 16.8 Å². The van der Waals surface area contributed by atoms with Crippen LogP contribution < -0.4 is 5.32 Å². The van der Waals surface area contributed by atoms with E-state index in [1.165, 1.54) is 0 Å².